The molecule has 5 heteroatoms. The number of rotatable bonds is 2. The summed E-state index contributed by atoms with van der Waals surface area (Å²) in [6, 6.07) is 7.57. The molecule has 0 saturated carbocycles. The van der Waals surface area contributed by atoms with Crippen molar-refractivity contribution in [2.45, 2.75) is 4.90 Å². The Bertz CT molecular complexity index is 341. The summed E-state index contributed by atoms with van der Waals surface area (Å²) in [7, 11) is 6.77. The van der Waals surface area contributed by atoms with E-state index >= 15 is 0 Å². The second-order valence-electron chi connectivity index (χ2n) is 2.95. The molecule has 0 aliphatic carbocycles. The van der Waals surface area contributed by atoms with E-state index in [9.17, 15) is 4.79 Å². The molecule has 1 saturated heterocycles. The van der Waals surface area contributed by atoms with Crippen molar-refractivity contribution in [3.63, 3.8) is 0 Å². The summed E-state index contributed by atoms with van der Waals surface area (Å²) in [5.41, 5.74) is 0.912. The Labute approximate surface area is 90.9 Å². The number of hydrogen-bond donors (Lipinski definition) is 1. The van der Waals surface area contributed by atoms with Crippen LogP contribution in [0.2, 0.25) is 0 Å². The van der Waals surface area contributed by atoms with Crippen LogP contribution in [0.25, 0.3) is 0 Å². The second-order valence-corrected chi connectivity index (χ2v) is 4.04. The van der Waals surface area contributed by atoms with Gasteiger partial charge in [0, 0.05) is 23.7 Å². The third-order valence-electron chi connectivity index (χ3n) is 2.09. The van der Waals surface area contributed by atoms with Crippen LogP contribution < -0.4 is 10.2 Å². The SMILES string of the molecule is O=C1NCCN1c1ccc(SCl)cc1. The highest BCUT2D eigenvalue weighted by Gasteiger charge is 2.20. The van der Waals surface area contributed by atoms with E-state index in [1.54, 1.807) is 4.90 Å². The minimum Gasteiger partial charge on any atom is -0.336 e. The van der Waals surface area contributed by atoms with Crippen molar-refractivity contribution in [2.75, 3.05) is 18.0 Å². The number of nitrogens with zero attached hydrogens (tertiary/aromatic N) is 1. The number of benzene rings is 1. The van der Waals surface area contributed by atoms with E-state index in [-0.39, 0.29) is 6.03 Å². The van der Waals surface area contributed by atoms with Gasteiger partial charge >= 0.3 is 6.03 Å². The van der Waals surface area contributed by atoms with E-state index < -0.39 is 0 Å². The smallest absolute Gasteiger partial charge is 0.321 e. The number of carbonyl (C=O) groups excluding carboxylic acids is 1. The summed E-state index contributed by atoms with van der Waals surface area (Å²) in [5, 5.41) is 2.75. The van der Waals surface area contributed by atoms with Gasteiger partial charge in [0.25, 0.3) is 0 Å². The molecule has 1 fully saturated rings. The highest BCUT2D eigenvalue weighted by Crippen LogP contribution is 2.25. The third-order valence-corrected chi connectivity index (χ3v) is 3.08. The standard InChI is InChI=1S/C9H9ClN2OS/c10-14-8-3-1-7(2-4-8)12-6-5-11-9(12)13/h1-4H,5-6H2,(H,11,13). The largest absolute Gasteiger partial charge is 0.336 e. The van der Waals surface area contributed by atoms with Crippen molar-refractivity contribution < 1.29 is 4.79 Å². The minimum absolute atomic E-state index is 0.0312. The molecule has 0 radical (unpaired) electrons. The third kappa shape index (κ3) is 1.81. The molecular formula is C9H9ClN2OS. The predicted molar refractivity (Wildman–Crippen MR) is 58.9 cm³/mol. The number of nitrogens with one attached hydrogen (secondary N) is 1. The summed E-state index contributed by atoms with van der Waals surface area (Å²) < 4.78 is 0. The van der Waals surface area contributed by atoms with Crippen molar-refractivity contribution in [3.05, 3.63) is 24.3 Å². The van der Waals surface area contributed by atoms with Crippen molar-refractivity contribution >= 4 is 33.4 Å². The molecule has 0 aromatic heterocycles. The Morgan fingerprint density at radius 1 is 1.36 bits per heavy atom. The fourth-order valence-corrected chi connectivity index (χ4v) is 1.94. The van der Waals surface area contributed by atoms with E-state index in [0.717, 1.165) is 17.1 Å². The van der Waals surface area contributed by atoms with Crippen LogP contribution in [0.15, 0.2) is 29.2 Å². The number of hydrogen-bond acceptors (Lipinski definition) is 2. The fourth-order valence-electron chi connectivity index (χ4n) is 1.40. The molecule has 1 aliphatic rings. The molecule has 14 heavy (non-hydrogen) atoms. The molecule has 74 valence electrons. The second kappa shape index (κ2) is 4.11. The molecule has 0 spiro atoms. The average Bonchev–Trinajstić information content (AvgIpc) is 2.65. The molecule has 0 bridgehead atoms. The highest BCUT2D eigenvalue weighted by atomic mass is 35.7. The van der Waals surface area contributed by atoms with Gasteiger partial charge in [0.2, 0.25) is 0 Å². The first-order valence-corrected chi connectivity index (χ1v) is 5.89. The van der Waals surface area contributed by atoms with Crippen LogP contribution in [-0.4, -0.2) is 19.1 Å². The van der Waals surface area contributed by atoms with Crippen LogP contribution >= 0.6 is 21.7 Å². The van der Waals surface area contributed by atoms with Crippen molar-refractivity contribution in [3.8, 4) is 0 Å². The Balaban J connectivity index is 2.20. The zero-order valence-electron chi connectivity index (χ0n) is 7.37. The summed E-state index contributed by atoms with van der Waals surface area (Å²) in [6.07, 6.45) is 0. The molecule has 1 aromatic rings. The van der Waals surface area contributed by atoms with Crippen LogP contribution in [0, 0.1) is 0 Å². The van der Waals surface area contributed by atoms with E-state index in [4.69, 9.17) is 10.7 Å². The van der Waals surface area contributed by atoms with E-state index in [1.807, 2.05) is 24.3 Å². The topological polar surface area (TPSA) is 32.3 Å². The van der Waals surface area contributed by atoms with Gasteiger partial charge in [-0.05, 0) is 45.9 Å². The molecule has 0 atom stereocenters. The Morgan fingerprint density at radius 3 is 2.57 bits per heavy atom. The molecule has 1 aromatic carbocycles. The van der Waals surface area contributed by atoms with Crippen molar-refractivity contribution in [2.24, 2.45) is 0 Å². The maximum absolute atomic E-state index is 11.3. The molecule has 2 amide bonds. The lowest BCUT2D eigenvalue weighted by Crippen LogP contribution is -2.27. The van der Waals surface area contributed by atoms with Crippen LogP contribution in [0.4, 0.5) is 10.5 Å². The van der Waals surface area contributed by atoms with Crippen LogP contribution in [0.3, 0.4) is 0 Å². The molecule has 2 rings (SSSR count). The number of carbonyl (C=O) groups is 1. The van der Waals surface area contributed by atoms with Gasteiger partial charge in [-0.2, -0.15) is 0 Å². The van der Waals surface area contributed by atoms with E-state index in [1.165, 1.54) is 11.0 Å². The summed E-state index contributed by atoms with van der Waals surface area (Å²) in [6.45, 7) is 1.44. The van der Waals surface area contributed by atoms with Gasteiger partial charge in [-0.1, -0.05) is 0 Å². The van der Waals surface area contributed by atoms with Gasteiger partial charge in [0.15, 0.2) is 0 Å². The Morgan fingerprint density at radius 2 is 2.07 bits per heavy atom. The maximum Gasteiger partial charge on any atom is 0.321 e. The first-order chi connectivity index (χ1) is 6.81. The number of urea groups is 1. The van der Waals surface area contributed by atoms with Gasteiger partial charge < -0.3 is 5.32 Å². The van der Waals surface area contributed by atoms with Crippen LogP contribution in [-0.2, 0) is 0 Å². The molecular weight excluding hydrogens is 220 g/mol. The minimum atomic E-state index is -0.0312. The molecule has 0 unspecified atom stereocenters. The van der Waals surface area contributed by atoms with Gasteiger partial charge in [0.1, 0.15) is 0 Å². The van der Waals surface area contributed by atoms with Gasteiger partial charge in [-0.15, -0.1) is 0 Å². The predicted octanol–water partition coefficient (Wildman–Crippen LogP) is 2.46. The quantitative estimate of drug-likeness (QED) is 0.844. The zero-order chi connectivity index (χ0) is 9.97. The highest BCUT2D eigenvalue weighted by molar-refractivity contribution is 8.21. The maximum atomic E-state index is 11.3. The summed E-state index contributed by atoms with van der Waals surface area (Å²) in [4.78, 5) is 14.0. The molecule has 1 N–H and O–H groups in total. The number of amides is 2. The van der Waals surface area contributed by atoms with Crippen molar-refractivity contribution in [1.29, 1.82) is 0 Å². The zero-order valence-corrected chi connectivity index (χ0v) is 8.94. The molecule has 3 nitrogen and oxygen atoms in total. The number of anilines is 1. The van der Waals surface area contributed by atoms with E-state index in [0.29, 0.717) is 6.54 Å². The summed E-state index contributed by atoms with van der Waals surface area (Å²) in [5.74, 6) is 0. The summed E-state index contributed by atoms with van der Waals surface area (Å²) >= 11 is 0. The first kappa shape index (κ1) is 9.68. The van der Waals surface area contributed by atoms with Gasteiger partial charge in [-0.3, -0.25) is 4.90 Å². The first-order valence-electron chi connectivity index (χ1n) is 4.25. The monoisotopic (exact) mass is 228 g/mol. The lowest BCUT2D eigenvalue weighted by atomic mass is 10.3. The number of halogens is 1. The lowest BCUT2D eigenvalue weighted by Gasteiger charge is -2.13. The van der Waals surface area contributed by atoms with Crippen molar-refractivity contribution in [1.82, 2.24) is 5.32 Å². The van der Waals surface area contributed by atoms with Gasteiger partial charge in [-0.25, -0.2) is 4.79 Å². The molecule has 1 aliphatic heterocycles. The average molecular weight is 229 g/mol. The lowest BCUT2D eigenvalue weighted by molar-refractivity contribution is 0.252. The molecule has 1 heterocycles. The normalized spacial score (nSPS) is 15.8. The van der Waals surface area contributed by atoms with Crippen LogP contribution in [0.5, 0.6) is 0 Å². The fraction of sp³-hybridized carbons (Fsp3) is 0.222. The Hall–Kier alpha value is -0.870. The van der Waals surface area contributed by atoms with Crippen LogP contribution in [0.1, 0.15) is 0 Å². The van der Waals surface area contributed by atoms with Gasteiger partial charge in [0.05, 0.1) is 0 Å². The van der Waals surface area contributed by atoms with E-state index in [2.05, 4.69) is 5.32 Å². The Kier molecular flexibility index (Phi) is 2.84.